The van der Waals surface area contributed by atoms with Crippen molar-refractivity contribution in [1.82, 2.24) is 0 Å². The van der Waals surface area contributed by atoms with Crippen molar-refractivity contribution in [2.45, 2.75) is 50.3 Å². The van der Waals surface area contributed by atoms with Crippen molar-refractivity contribution in [3.63, 3.8) is 0 Å². The number of hydrogen-bond donors (Lipinski definition) is 3. The first kappa shape index (κ1) is 11.3. The highest BCUT2D eigenvalue weighted by Crippen LogP contribution is 2.38. The Morgan fingerprint density at radius 2 is 2.00 bits per heavy atom. The molecule has 0 radical (unpaired) electrons. The van der Waals surface area contributed by atoms with Gasteiger partial charge in [-0.2, -0.15) is 0 Å². The Morgan fingerprint density at radius 3 is 2.53 bits per heavy atom. The number of aliphatic hydroxyl groups is 3. The molecule has 2 fully saturated rings. The molecule has 0 saturated carbocycles. The second kappa shape index (κ2) is 3.65. The molecule has 6 heteroatoms. The average molecular weight is 220 g/mol. The minimum Gasteiger partial charge on any atom is -0.394 e. The molecule has 2 heterocycles. The molecule has 0 aromatic carbocycles. The van der Waals surface area contributed by atoms with Gasteiger partial charge in [0.15, 0.2) is 12.1 Å². The number of fused-ring (bicyclic) bond motifs is 1. The van der Waals surface area contributed by atoms with Crippen LogP contribution >= 0.6 is 0 Å². The van der Waals surface area contributed by atoms with Crippen molar-refractivity contribution in [1.29, 1.82) is 0 Å². The van der Waals surface area contributed by atoms with E-state index in [0.717, 1.165) is 0 Å². The van der Waals surface area contributed by atoms with Crippen LogP contribution in [0.3, 0.4) is 0 Å². The summed E-state index contributed by atoms with van der Waals surface area (Å²) in [6.07, 6.45) is -4.26. The Kier molecular flexibility index (Phi) is 2.74. The Bertz CT molecular complexity index is 243. The van der Waals surface area contributed by atoms with E-state index in [2.05, 4.69) is 0 Å². The van der Waals surface area contributed by atoms with Crippen LogP contribution in [-0.4, -0.2) is 58.4 Å². The molecule has 0 spiro atoms. The van der Waals surface area contributed by atoms with E-state index in [1.54, 1.807) is 13.8 Å². The van der Waals surface area contributed by atoms with Gasteiger partial charge >= 0.3 is 0 Å². The van der Waals surface area contributed by atoms with Gasteiger partial charge in [-0.1, -0.05) is 0 Å². The van der Waals surface area contributed by atoms with Gasteiger partial charge in [-0.05, 0) is 13.8 Å². The third-order valence-electron chi connectivity index (χ3n) is 2.62. The number of ether oxygens (including phenoxy) is 3. The molecule has 6 nitrogen and oxygen atoms in total. The molecule has 0 bridgehead atoms. The SMILES string of the molecule is CC1(C)OC2OC(C(O)CO)C(O)C2O1. The molecule has 2 saturated heterocycles. The Morgan fingerprint density at radius 1 is 1.33 bits per heavy atom. The lowest BCUT2D eigenvalue weighted by molar-refractivity contribution is -0.227. The second-order valence-electron chi connectivity index (χ2n) is 4.31. The molecule has 5 atom stereocenters. The molecular formula is C9H16O6. The van der Waals surface area contributed by atoms with Crippen molar-refractivity contribution in [2.24, 2.45) is 0 Å². The first-order chi connectivity index (χ1) is 6.94. The molecule has 3 N–H and O–H groups in total. The predicted octanol–water partition coefficient (Wildman–Crippen LogP) is -1.42. The van der Waals surface area contributed by atoms with Gasteiger partial charge in [-0.3, -0.25) is 0 Å². The zero-order chi connectivity index (χ0) is 11.2. The summed E-state index contributed by atoms with van der Waals surface area (Å²) in [5, 5.41) is 27.9. The zero-order valence-electron chi connectivity index (χ0n) is 8.66. The van der Waals surface area contributed by atoms with Crippen LogP contribution in [0, 0.1) is 0 Å². The van der Waals surface area contributed by atoms with E-state index in [0.29, 0.717) is 0 Å². The standard InChI is InChI=1S/C9H16O6/c1-9(2)14-7-5(12)6(4(11)3-10)13-8(7)15-9/h4-8,10-12H,3H2,1-2H3. The fraction of sp³-hybridized carbons (Fsp3) is 1.00. The van der Waals surface area contributed by atoms with Gasteiger partial charge in [0, 0.05) is 0 Å². The molecule has 2 rings (SSSR count). The summed E-state index contributed by atoms with van der Waals surface area (Å²) in [4.78, 5) is 0. The molecule has 15 heavy (non-hydrogen) atoms. The predicted molar refractivity (Wildman–Crippen MR) is 47.8 cm³/mol. The maximum absolute atomic E-state index is 9.79. The lowest BCUT2D eigenvalue weighted by Gasteiger charge is -2.24. The molecule has 88 valence electrons. The first-order valence-corrected chi connectivity index (χ1v) is 4.93. The highest BCUT2D eigenvalue weighted by atomic mass is 16.8. The van der Waals surface area contributed by atoms with Crippen LogP contribution < -0.4 is 0 Å². The summed E-state index contributed by atoms with van der Waals surface area (Å²) >= 11 is 0. The van der Waals surface area contributed by atoms with E-state index in [1.165, 1.54) is 0 Å². The lowest BCUT2D eigenvalue weighted by Crippen LogP contribution is -2.42. The maximum atomic E-state index is 9.79. The molecule has 2 aliphatic heterocycles. The molecule has 0 aromatic rings. The quantitative estimate of drug-likeness (QED) is 0.529. The Labute approximate surface area is 87.4 Å². The molecule has 0 aromatic heterocycles. The van der Waals surface area contributed by atoms with Crippen LogP contribution in [0.25, 0.3) is 0 Å². The molecule has 5 unspecified atom stereocenters. The fourth-order valence-corrected chi connectivity index (χ4v) is 1.94. The van der Waals surface area contributed by atoms with Crippen molar-refractivity contribution < 1.29 is 29.5 Å². The van der Waals surface area contributed by atoms with Crippen LogP contribution in [0.15, 0.2) is 0 Å². The number of rotatable bonds is 2. The van der Waals surface area contributed by atoms with Crippen molar-refractivity contribution >= 4 is 0 Å². The second-order valence-corrected chi connectivity index (χ2v) is 4.31. The minimum atomic E-state index is -1.12. The maximum Gasteiger partial charge on any atom is 0.190 e. The van der Waals surface area contributed by atoms with Crippen molar-refractivity contribution in [3.8, 4) is 0 Å². The van der Waals surface area contributed by atoms with Crippen LogP contribution in [-0.2, 0) is 14.2 Å². The number of hydrogen-bond acceptors (Lipinski definition) is 6. The highest BCUT2D eigenvalue weighted by Gasteiger charge is 2.55. The summed E-state index contributed by atoms with van der Waals surface area (Å²) in [7, 11) is 0. The number of aliphatic hydroxyl groups excluding tert-OH is 3. The third kappa shape index (κ3) is 1.89. The summed E-state index contributed by atoms with van der Waals surface area (Å²) in [5.41, 5.74) is 0. The van der Waals surface area contributed by atoms with Gasteiger partial charge in [0.05, 0.1) is 6.61 Å². The van der Waals surface area contributed by atoms with E-state index < -0.39 is 43.1 Å². The van der Waals surface area contributed by atoms with E-state index >= 15 is 0 Å². The molecule has 0 aliphatic carbocycles. The van der Waals surface area contributed by atoms with Gasteiger partial charge in [-0.15, -0.1) is 0 Å². The third-order valence-corrected chi connectivity index (χ3v) is 2.62. The summed E-state index contributed by atoms with van der Waals surface area (Å²) in [6, 6.07) is 0. The van der Waals surface area contributed by atoms with Crippen LogP contribution in [0.4, 0.5) is 0 Å². The highest BCUT2D eigenvalue weighted by molar-refractivity contribution is 4.95. The van der Waals surface area contributed by atoms with Crippen LogP contribution in [0.1, 0.15) is 13.8 Å². The van der Waals surface area contributed by atoms with E-state index in [1.807, 2.05) is 0 Å². The smallest absolute Gasteiger partial charge is 0.190 e. The van der Waals surface area contributed by atoms with Gasteiger partial charge in [0.2, 0.25) is 0 Å². The van der Waals surface area contributed by atoms with E-state index in [-0.39, 0.29) is 0 Å². The Balaban J connectivity index is 2.05. The molecular weight excluding hydrogens is 204 g/mol. The first-order valence-electron chi connectivity index (χ1n) is 4.93. The van der Waals surface area contributed by atoms with E-state index in [9.17, 15) is 10.2 Å². The van der Waals surface area contributed by atoms with Crippen LogP contribution in [0.5, 0.6) is 0 Å². The average Bonchev–Trinajstić information content (AvgIpc) is 2.60. The lowest BCUT2D eigenvalue weighted by atomic mass is 10.1. The summed E-state index contributed by atoms with van der Waals surface area (Å²) < 4.78 is 16.1. The zero-order valence-corrected chi connectivity index (χ0v) is 8.66. The topological polar surface area (TPSA) is 88.4 Å². The van der Waals surface area contributed by atoms with Gasteiger partial charge in [-0.25, -0.2) is 0 Å². The van der Waals surface area contributed by atoms with Gasteiger partial charge in [0.25, 0.3) is 0 Å². The molecule has 2 aliphatic rings. The molecule has 0 amide bonds. The largest absolute Gasteiger partial charge is 0.394 e. The normalized spacial score (nSPS) is 45.4. The van der Waals surface area contributed by atoms with Gasteiger partial charge in [0.1, 0.15) is 24.4 Å². The summed E-state index contributed by atoms with van der Waals surface area (Å²) in [5.74, 6) is -0.786. The van der Waals surface area contributed by atoms with E-state index in [4.69, 9.17) is 19.3 Å². The summed E-state index contributed by atoms with van der Waals surface area (Å²) in [6.45, 7) is 2.97. The van der Waals surface area contributed by atoms with Gasteiger partial charge < -0.3 is 29.5 Å². The van der Waals surface area contributed by atoms with Crippen molar-refractivity contribution in [2.75, 3.05) is 6.61 Å². The van der Waals surface area contributed by atoms with Crippen molar-refractivity contribution in [3.05, 3.63) is 0 Å². The Hall–Kier alpha value is -0.240. The van der Waals surface area contributed by atoms with Crippen LogP contribution in [0.2, 0.25) is 0 Å². The minimum absolute atomic E-state index is 0.468. The fourth-order valence-electron chi connectivity index (χ4n) is 1.94. The monoisotopic (exact) mass is 220 g/mol.